The predicted octanol–water partition coefficient (Wildman–Crippen LogP) is 3.30. The van der Waals surface area contributed by atoms with Crippen molar-refractivity contribution in [2.75, 3.05) is 38.6 Å². The molecule has 1 atom stereocenters. The molecule has 6 nitrogen and oxygen atoms in total. The van der Waals surface area contributed by atoms with Gasteiger partial charge in [-0.25, -0.2) is 0 Å². The Bertz CT molecular complexity index is 793. The summed E-state index contributed by atoms with van der Waals surface area (Å²) in [6, 6.07) is 13.6. The smallest absolute Gasteiger partial charge is 0.387 e. The zero-order chi connectivity index (χ0) is 19.9. The van der Waals surface area contributed by atoms with Gasteiger partial charge in [0.2, 0.25) is 5.91 Å². The van der Waals surface area contributed by atoms with Gasteiger partial charge in [0.15, 0.2) is 0 Å². The molecule has 1 saturated heterocycles. The van der Waals surface area contributed by atoms with Crippen molar-refractivity contribution in [2.45, 2.75) is 12.7 Å². The Hall–Kier alpha value is -2.42. The lowest BCUT2D eigenvalue weighted by atomic mass is 10.0. The van der Waals surface area contributed by atoms with E-state index < -0.39 is 6.61 Å². The highest BCUT2D eigenvalue weighted by Crippen LogP contribution is 2.30. The van der Waals surface area contributed by atoms with Crippen molar-refractivity contribution < 1.29 is 23.0 Å². The number of carbonyl (C=O) groups is 1. The van der Waals surface area contributed by atoms with Gasteiger partial charge in [-0.15, -0.1) is 12.4 Å². The van der Waals surface area contributed by atoms with Gasteiger partial charge < -0.3 is 20.1 Å². The fraction of sp³-hybridized carbons (Fsp3) is 0.350. The van der Waals surface area contributed by atoms with Gasteiger partial charge in [-0.05, 0) is 30.3 Å². The molecule has 0 aromatic heterocycles. The molecule has 1 unspecified atom stereocenters. The van der Waals surface area contributed by atoms with E-state index in [0.29, 0.717) is 12.2 Å². The third kappa shape index (κ3) is 6.28. The Kier molecular flexibility index (Phi) is 8.63. The number of piperazine rings is 1. The molecular weight excluding hydrogens is 404 g/mol. The highest BCUT2D eigenvalue weighted by Gasteiger charge is 2.27. The van der Waals surface area contributed by atoms with E-state index in [-0.39, 0.29) is 36.7 Å². The molecule has 2 aromatic rings. The van der Waals surface area contributed by atoms with Crippen LogP contribution in [0.25, 0.3) is 0 Å². The van der Waals surface area contributed by atoms with Gasteiger partial charge in [-0.3, -0.25) is 9.69 Å². The van der Waals surface area contributed by atoms with E-state index in [1.807, 2.05) is 24.3 Å². The summed E-state index contributed by atoms with van der Waals surface area (Å²) < 4.78 is 34.2. The van der Waals surface area contributed by atoms with E-state index in [1.54, 1.807) is 7.11 Å². The maximum absolute atomic E-state index is 12.5. The molecule has 0 saturated carbocycles. The number of rotatable bonds is 7. The first-order valence-corrected chi connectivity index (χ1v) is 8.99. The number of benzene rings is 2. The number of para-hydroxylation sites is 1. The third-order valence-electron chi connectivity index (χ3n) is 4.56. The molecule has 3 rings (SSSR count). The van der Waals surface area contributed by atoms with Gasteiger partial charge in [-0.2, -0.15) is 8.78 Å². The van der Waals surface area contributed by atoms with E-state index in [9.17, 15) is 13.6 Å². The van der Waals surface area contributed by atoms with Crippen LogP contribution in [0.1, 0.15) is 11.6 Å². The largest absolute Gasteiger partial charge is 0.496 e. The van der Waals surface area contributed by atoms with Gasteiger partial charge in [-0.1, -0.05) is 18.2 Å². The summed E-state index contributed by atoms with van der Waals surface area (Å²) in [4.78, 5) is 14.6. The van der Waals surface area contributed by atoms with E-state index in [0.717, 1.165) is 24.4 Å². The van der Waals surface area contributed by atoms with Crippen molar-refractivity contribution in [3.63, 3.8) is 0 Å². The number of anilines is 1. The zero-order valence-corrected chi connectivity index (χ0v) is 16.8. The van der Waals surface area contributed by atoms with Gasteiger partial charge in [0.25, 0.3) is 0 Å². The average molecular weight is 428 g/mol. The molecule has 0 radical (unpaired) electrons. The molecule has 29 heavy (non-hydrogen) atoms. The lowest BCUT2D eigenvalue weighted by molar-refractivity contribution is -0.118. The SMILES string of the molecule is COc1ccccc1C1CNCCN1CC(=O)Nc1ccc(OC(F)F)cc1.Cl. The van der Waals surface area contributed by atoms with Crippen LogP contribution < -0.4 is 20.1 Å². The fourth-order valence-corrected chi connectivity index (χ4v) is 3.29. The van der Waals surface area contributed by atoms with Gasteiger partial charge in [0.05, 0.1) is 19.7 Å². The number of nitrogens with zero attached hydrogens (tertiary/aromatic N) is 1. The molecule has 1 fully saturated rings. The molecule has 9 heteroatoms. The summed E-state index contributed by atoms with van der Waals surface area (Å²) in [5, 5.41) is 6.15. The van der Waals surface area contributed by atoms with Crippen LogP contribution in [0, 0.1) is 0 Å². The number of ether oxygens (including phenoxy) is 2. The van der Waals surface area contributed by atoms with Crippen LogP contribution in [0.15, 0.2) is 48.5 Å². The van der Waals surface area contributed by atoms with Crippen LogP contribution in [-0.2, 0) is 4.79 Å². The summed E-state index contributed by atoms with van der Waals surface area (Å²) in [6.45, 7) is -0.442. The van der Waals surface area contributed by atoms with E-state index in [1.165, 1.54) is 24.3 Å². The molecule has 2 aromatic carbocycles. The number of amides is 1. The highest BCUT2D eigenvalue weighted by molar-refractivity contribution is 5.92. The molecule has 2 N–H and O–H groups in total. The van der Waals surface area contributed by atoms with Crippen LogP contribution in [0.3, 0.4) is 0 Å². The molecule has 1 aliphatic heterocycles. The van der Waals surface area contributed by atoms with Crippen molar-refractivity contribution in [1.82, 2.24) is 10.2 Å². The topological polar surface area (TPSA) is 62.8 Å². The van der Waals surface area contributed by atoms with E-state index in [4.69, 9.17) is 4.74 Å². The summed E-state index contributed by atoms with van der Waals surface area (Å²) in [5.74, 6) is 0.659. The van der Waals surface area contributed by atoms with Crippen molar-refractivity contribution in [2.24, 2.45) is 0 Å². The maximum atomic E-state index is 12.5. The van der Waals surface area contributed by atoms with Gasteiger partial charge in [0.1, 0.15) is 11.5 Å². The average Bonchev–Trinajstić information content (AvgIpc) is 2.69. The number of alkyl halides is 2. The minimum atomic E-state index is -2.87. The van der Waals surface area contributed by atoms with Crippen molar-refractivity contribution >= 4 is 24.0 Å². The fourth-order valence-electron chi connectivity index (χ4n) is 3.29. The first-order chi connectivity index (χ1) is 13.6. The Morgan fingerprint density at radius 1 is 1.24 bits per heavy atom. The second-order valence-electron chi connectivity index (χ2n) is 6.38. The number of carbonyl (C=O) groups excluding carboxylic acids is 1. The lowest BCUT2D eigenvalue weighted by Gasteiger charge is -2.36. The standard InChI is InChI=1S/C20H23F2N3O3.ClH/c1-27-18-5-3-2-4-16(18)17-12-23-10-11-25(17)13-19(26)24-14-6-8-15(9-7-14)28-20(21)22;/h2-9,17,20,23H,10-13H2,1H3,(H,24,26);1H. The van der Waals surface area contributed by atoms with E-state index >= 15 is 0 Å². The maximum Gasteiger partial charge on any atom is 0.387 e. The second-order valence-corrected chi connectivity index (χ2v) is 6.38. The molecule has 0 aliphatic carbocycles. The second kappa shape index (κ2) is 10.9. The molecule has 1 aliphatic rings. The van der Waals surface area contributed by atoms with Crippen molar-refractivity contribution in [1.29, 1.82) is 0 Å². The Morgan fingerprint density at radius 3 is 2.66 bits per heavy atom. The summed E-state index contributed by atoms with van der Waals surface area (Å²) in [7, 11) is 1.63. The van der Waals surface area contributed by atoms with Crippen LogP contribution in [-0.4, -0.2) is 50.7 Å². The first kappa shape index (κ1) is 22.9. The number of halogens is 3. The summed E-state index contributed by atoms with van der Waals surface area (Å²) in [6.07, 6.45) is 0. The van der Waals surface area contributed by atoms with Crippen LogP contribution in [0.5, 0.6) is 11.5 Å². The molecule has 0 bridgehead atoms. The minimum absolute atomic E-state index is 0. The summed E-state index contributed by atoms with van der Waals surface area (Å²) >= 11 is 0. The number of hydrogen-bond donors (Lipinski definition) is 2. The molecule has 158 valence electrons. The number of nitrogens with one attached hydrogen (secondary N) is 2. The Balaban J connectivity index is 0.00000300. The molecular formula is C20H24ClF2N3O3. The van der Waals surface area contributed by atoms with Crippen molar-refractivity contribution in [3.05, 3.63) is 54.1 Å². The lowest BCUT2D eigenvalue weighted by Crippen LogP contribution is -2.48. The third-order valence-corrected chi connectivity index (χ3v) is 4.56. The van der Waals surface area contributed by atoms with Gasteiger partial charge >= 0.3 is 6.61 Å². The number of hydrogen-bond acceptors (Lipinski definition) is 5. The number of methoxy groups -OCH3 is 1. The van der Waals surface area contributed by atoms with Crippen LogP contribution in [0.2, 0.25) is 0 Å². The normalized spacial score (nSPS) is 16.8. The quantitative estimate of drug-likeness (QED) is 0.710. The summed E-state index contributed by atoms with van der Waals surface area (Å²) in [5.41, 5.74) is 1.55. The molecule has 1 heterocycles. The highest BCUT2D eigenvalue weighted by atomic mass is 35.5. The van der Waals surface area contributed by atoms with Crippen LogP contribution in [0.4, 0.5) is 14.5 Å². The first-order valence-electron chi connectivity index (χ1n) is 8.99. The van der Waals surface area contributed by atoms with Gasteiger partial charge in [0, 0.05) is 30.9 Å². The molecule has 0 spiro atoms. The van der Waals surface area contributed by atoms with Crippen molar-refractivity contribution in [3.8, 4) is 11.5 Å². The van der Waals surface area contributed by atoms with E-state index in [2.05, 4.69) is 20.3 Å². The zero-order valence-electron chi connectivity index (χ0n) is 15.9. The van der Waals surface area contributed by atoms with Crippen LogP contribution >= 0.6 is 12.4 Å². The molecule has 1 amide bonds. The predicted molar refractivity (Wildman–Crippen MR) is 109 cm³/mol. The Labute approximate surface area is 174 Å². The Morgan fingerprint density at radius 2 is 1.97 bits per heavy atom. The minimum Gasteiger partial charge on any atom is -0.496 e. The monoisotopic (exact) mass is 427 g/mol.